The van der Waals surface area contributed by atoms with Crippen molar-refractivity contribution >= 4 is 57.9 Å². The van der Waals surface area contributed by atoms with Crippen molar-refractivity contribution in [2.75, 3.05) is 19.0 Å². The van der Waals surface area contributed by atoms with E-state index in [9.17, 15) is 4.79 Å². The first-order chi connectivity index (χ1) is 12.9. The van der Waals surface area contributed by atoms with Crippen molar-refractivity contribution in [3.05, 3.63) is 63.6 Å². The van der Waals surface area contributed by atoms with Gasteiger partial charge in [0.05, 0.1) is 21.5 Å². The van der Waals surface area contributed by atoms with Crippen LogP contribution in [0.5, 0.6) is 0 Å². The van der Waals surface area contributed by atoms with Gasteiger partial charge in [0, 0.05) is 19.8 Å². The third-order valence-electron chi connectivity index (χ3n) is 3.98. The molecule has 0 radical (unpaired) electrons. The van der Waals surface area contributed by atoms with Crippen LogP contribution >= 0.6 is 35.0 Å². The van der Waals surface area contributed by atoms with Gasteiger partial charge in [-0.1, -0.05) is 59.2 Å². The second-order valence-electron chi connectivity index (χ2n) is 6.15. The molecule has 1 aliphatic heterocycles. The zero-order valence-electron chi connectivity index (χ0n) is 14.8. The van der Waals surface area contributed by atoms with Crippen molar-refractivity contribution in [3.8, 4) is 0 Å². The number of anilines is 1. The highest BCUT2D eigenvalue weighted by molar-refractivity contribution is 8.15. The quantitative estimate of drug-likeness (QED) is 0.581. The van der Waals surface area contributed by atoms with E-state index in [0.29, 0.717) is 21.6 Å². The summed E-state index contributed by atoms with van der Waals surface area (Å²) in [5.41, 5.74) is 2.88. The van der Waals surface area contributed by atoms with Crippen molar-refractivity contribution in [2.45, 2.75) is 11.7 Å². The summed E-state index contributed by atoms with van der Waals surface area (Å²) in [6.07, 6.45) is 2.13. The normalized spacial score (nSPS) is 18.3. The summed E-state index contributed by atoms with van der Waals surface area (Å²) in [6, 6.07) is 13.3. The molecule has 27 heavy (non-hydrogen) atoms. The van der Waals surface area contributed by atoms with Gasteiger partial charge in [0.25, 0.3) is 0 Å². The number of nitrogens with zero attached hydrogens (tertiary/aromatic N) is 3. The highest BCUT2D eigenvalue weighted by atomic mass is 35.5. The van der Waals surface area contributed by atoms with E-state index in [1.807, 2.05) is 55.4 Å². The van der Waals surface area contributed by atoms with Crippen LogP contribution in [0.25, 0.3) is 0 Å². The van der Waals surface area contributed by atoms with Crippen molar-refractivity contribution in [1.82, 2.24) is 5.32 Å². The second-order valence-corrected chi connectivity index (χ2v) is 8.13. The molecule has 0 spiro atoms. The molecule has 1 saturated heterocycles. The molecule has 2 aromatic rings. The number of hydrogen-bond donors (Lipinski definition) is 1. The number of thioether (sulfide) groups is 1. The first-order valence-electron chi connectivity index (χ1n) is 8.23. The van der Waals surface area contributed by atoms with Gasteiger partial charge in [-0.25, -0.2) is 0 Å². The molecule has 3 rings (SSSR count). The lowest BCUT2D eigenvalue weighted by Crippen LogP contribution is -2.26. The van der Waals surface area contributed by atoms with Gasteiger partial charge in [0.1, 0.15) is 0 Å². The minimum atomic E-state index is -0.311. The van der Waals surface area contributed by atoms with Crippen LogP contribution in [0.1, 0.15) is 11.1 Å². The molecule has 1 N–H and O–H groups in total. The van der Waals surface area contributed by atoms with Crippen LogP contribution in [0.15, 0.2) is 52.7 Å². The van der Waals surface area contributed by atoms with Gasteiger partial charge >= 0.3 is 0 Å². The van der Waals surface area contributed by atoms with Crippen LogP contribution in [0, 0.1) is 0 Å². The van der Waals surface area contributed by atoms with E-state index >= 15 is 0 Å². The Morgan fingerprint density at radius 3 is 2.63 bits per heavy atom. The van der Waals surface area contributed by atoms with E-state index in [-0.39, 0.29) is 11.2 Å². The first-order valence-corrected chi connectivity index (χ1v) is 9.86. The van der Waals surface area contributed by atoms with Gasteiger partial charge in [-0.05, 0) is 35.7 Å². The standard InChI is InChI=1S/C19H18Cl2N4OS/c1-25(2)14-8-6-12(7-9-14)11-22-24-19-23-18(26)16(27-19)10-13-4-3-5-15(20)17(13)21/h3-9,11,16H,10H2,1-2H3,(H,23,24,26)/b22-11-/t16-/m1/s1. The SMILES string of the molecule is CN(C)c1ccc(/C=N\N=C2\NC(=O)[C@@H](Cc3cccc(Cl)c3Cl)S2)cc1. The summed E-state index contributed by atoms with van der Waals surface area (Å²) < 4.78 is 0. The highest BCUT2D eigenvalue weighted by Gasteiger charge is 2.31. The lowest BCUT2D eigenvalue weighted by atomic mass is 10.1. The molecule has 140 valence electrons. The molecule has 2 aromatic carbocycles. The number of carbonyl (C=O) groups is 1. The van der Waals surface area contributed by atoms with Gasteiger partial charge in [-0.15, -0.1) is 5.10 Å². The van der Waals surface area contributed by atoms with Crippen molar-refractivity contribution in [2.24, 2.45) is 10.2 Å². The monoisotopic (exact) mass is 420 g/mol. The van der Waals surface area contributed by atoms with Gasteiger partial charge in [0.2, 0.25) is 5.91 Å². The van der Waals surface area contributed by atoms with Crippen LogP contribution < -0.4 is 10.2 Å². The summed E-state index contributed by atoms with van der Waals surface area (Å²) >= 11 is 13.6. The Labute approximate surface area is 172 Å². The van der Waals surface area contributed by atoms with E-state index in [2.05, 4.69) is 15.5 Å². The highest BCUT2D eigenvalue weighted by Crippen LogP contribution is 2.30. The van der Waals surface area contributed by atoms with E-state index in [1.165, 1.54) is 11.8 Å². The summed E-state index contributed by atoms with van der Waals surface area (Å²) in [6.45, 7) is 0. The third-order valence-corrected chi connectivity index (χ3v) is 5.91. The lowest BCUT2D eigenvalue weighted by molar-refractivity contribution is -0.118. The van der Waals surface area contributed by atoms with Crippen molar-refractivity contribution in [1.29, 1.82) is 0 Å². The molecular formula is C19H18Cl2N4OS. The van der Waals surface area contributed by atoms with Gasteiger partial charge in [0.15, 0.2) is 5.17 Å². The average molecular weight is 421 g/mol. The fraction of sp³-hybridized carbons (Fsp3) is 0.211. The predicted octanol–water partition coefficient (Wildman–Crippen LogP) is 4.22. The Kier molecular flexibility index (Phi) is 6.42. The minimum absolute atomic E-state index is 0.111. The number of rotatable bonds is 5. The Morgan fingerprint density at radius 1 is 1.19 bits per heavy atom. The molecule has 1 atom stereocenters. The Morgan fingerprint density at radius 2 is 1.93 bits per heavy atom. The first kappa shape index (κ1) is 19.7. The zero-order valence-corrected chi connectivity index (χ0v) is 17.1. The van der Waals surface area contributed by atoms with Crippen LogP contribution in [0.3, 0.4) is 0 Å². The maximum atomic E-state index is 12.2. The minimum Gasteiger partial charge on any atom is -0.378 e. The fourth-order valence-corrected chi connectivity index (χ4v) is 3.85. The number of amides is 1. The van der Waals surface area contributed by atoms with Crippen molar-refractivity contribution in [3.63, 3.8) is 0 Å². The van der Waals surface area contributed by atoms with Crippen LogP contribution in [-0.4, -0.2) is 36.6 Å². The summed E-state index contributed by atoms with van der Waals surface area (Å²) in [5.74, 6) is -0.111. The average Bonchev–Trinajstić information content (AvgIpc) is 2.99. The number of hydrogen-bond acceptors (Lipinski definition) is 5. The van der Waals surface area contributed by atoms with Crippen molar-refractivity contribution < 1.29 is 4.79 Å². The second kappa shape index (κ2) is 8.78. The smallest absolute Gasteiger partial charge is 0.239 e. The number of nitrogens with one attached hydrogen (secondary N) is 1. The fourth-order valence-electron chi connectivity index (χ4n) is 2.50. The van der Waals surface area contributed by atoms with Crippen LogP contribution in [0.4, 0.5) is 5.69 Å². The molecule has 0 saturated carbocycles. The summed E-state index contributed by atoms with van der Waals surface area (Å²) in [7, 11) is 3.98. The molecule has 1 amide bonds. The summed E-state index contributed by atoms with van der Waals surface area (Å²) in [4.78, 5) is 14.2. The molecule has 1 fully saturated rings. The number of halogens is 2. The Balaban J connectivity index is 1.63. The number of carbonyl (C=O) groups excluding carboxylic acids is 1. The zero-order chi connectivity index (χ0) is 19.4. The van der Waals surface area contributed by atoms with E-state index in [0.717, 1.165) is 16.8 Å². The third kappa shape index (κ3) is 5.03. The number of amidine groups is 1. The Bertz CT molecular complexity index is 897. The van der Waals surface area contributed by atoms with E-state index < -0.39 is 0 Å². The molecule has 0 aliphatic carbocycles. The Hall–Kier alpha value is -2.02. The van der Waals surface area contributed by atoms with E-state index in [4.69, 9.17) is 23.2 Å². The molecule has 0 bridgehead atoms. The molecule has 0 aromatic heterocycles. The van der Waals surface area contributed by atoms with Gasteiger partial charge < -0.3 is 10.2 Å². The predicted molar refractivity (Wildman–Crippen MR) is 115 cm³/mol. The van der Waals surface area contributed by atoms with E-state index in [1.54, 1.807) is 12.3 Å². The topological polar surface area (TPSA) is 57.1 Å². The largest absolute Gasteiger partial charge is 0.378 e. The summed E-state index contributed by atoms with van der Waals surface area (Å²) in [5, 5.41) is 12.1. The maximum absolute atomic E-state index is 12.2. The molecule has 1 aliphatic rings. The van der Waals surface area contributed by atoms with Gasteiger partial charge in [-0.3, -0.25) is 4.79 Å². The molecular weight excluding hydrogens is 403 g/mol. The maximum Gasteiger partial charge on any atom is 0.239 e. The number of benzene rings is 2. The van der Waals surface area contributed by atoms with Crippen LogP contribution in [-0.2, 0) is 11.2 Å². The van der Waals surface area contributed by atoms with Gasteiger partial charge in [-0.2, -0.15) is 5.10 Å². The molecule has 5 nitrogen and oxygen atoms in total. The lowest BCUT2D eigenvalue weighted by Gasteiger charge is -2.11. The molecule has 1 heterocycles. The van der Waals surface area contributed by atoms with Crippen LogP contribution in [0.2, 0.25) is 10.0 Å². The molecule has 8 heteroatoms. The molecule has 0 unspecified atom stereocenters.